The molecule has 2 saturated heterocycles. The van der Waals surface area contributed by atoms with Crippen LogP contribution in [-0.2, 0) is 51.1 Å². The summed E-state index contributed by atoms with van der Waals surface area (Å²) in [6.07, 6.45) is 3.44. The van der Waals surface area contributed by atoms with E-state index in [1.54, 1.807) is 83.1 Å². The monoisotopic (exact) mass is 1450 g/mol. The van der Waals surface area contributed by atoms with Crippen LogP contribution in [0.3, 0.4) is 0 Å². The fourth-order valence-corrected chi connectivity index (χ4v) is 13.0. The summed E-state index contributed by atoms with van der Waals surface area (Å²) in [5.74, 6) is -4.23. The topological polar surface area (TPSA) is 308 Å². The molecule has 0 saturated carbocycles. The van der Waals surface area contributed by atoms with Crippen molar-refractivity contribution in [3.05, 3.63) is 142 Å². The summed E-state index contributed by atoms with van der Waals surface area (Å²) in [5.41, 5.74) is 1.88. The van der Waals surface area contributed by atoms with E-state index in [-0.39, 0.29) is 49.1 Å². The number of carbonyl (C=O) groups is 12. The number of halogens is 2. The summed E-state index contributed by atoms with van der Waals surface area (Å²) in [4.78, 5) is 168. The zero-order valence-corrected chi connectivity index (χ0v) is 62.9. The predicted molar refractivity (Wildman–Crippen MR) is 386 cm³/mol. The first kappa shape index (κ1) is 80.4. The van der Waals surface area contributed by atoms with Gasteiger partial charge in [-0.2, -0.15) is 0 Å². The predicted octanol–water partition coefficient (Wildman–Crippen LogP) is 9.49. The van der Waals surface area contributed by atoms with Crippen molar-refractivity contribution >= 4 is 93.1 Å². The first-order chi connectivity index (χ1) is 47.5. The van der Waals surface area contributed by atoms with Crippen LogP contribution in [0.15, 0.2) is 97.1 Å². The molecule has 0 aromatic heterocycles. The van der Waals surface area contributed by atoms with E-state index in [1.165, 1.54) is 86.3 Å². The normalized spacial score (nSPS) is 19.9. The van der Waals surface area contributed by atoms with Crippen LogP contribution in [0.5, 0.6) is 0 Å². The van der Waals surface area contributed by atoms with Gasteiger partial charge in [0, 0.05) is 61.5 Å². The van der Waals surface area contributed by atoms with E-state index >= 15 is 9.59 Å². The van der Waals surface area contributed by atoms with Gasteiger partial charge in [0.1, 0.15) is 47.5 Å². The third-order valence-electron chi connectivity index (χ3n) is 18.6. The smallest absolute Gasteiger partial charge is 0.410 e. The Balaban J connectivity index is 0.00000110. The third-order valence-corrected chi connectivity index (χ3v) is 19.1. The van der Waals surface area contributed by atoms with Crippen LogP contribution in [0.4, 0.5) is 9.59 Å². The zero-order chi connectivity index (χ0) is 75.7. The summed E-state index contributed by atoms with van der Waals surface area (Å²) < 4.78 is 11.0. The Hall–Kier alpha value is -8.90. The third kappa shape index (κ3) is 21.1. The van der Waals surface area contributed by atoms with Gasteiger partial charge >= 0.3 is 12.2 Å². The number of hydrogen-bond donors (Lipinski definition) is 6. The van der Waals surface area contributed by atoms with E-state index in [4.69, 9.17) is 32.7 Å². The Morgan fingerprint density at radius 2 is 0.775 bits per heavy atom. The Morgan fingerprint density at radius 1 is 0.461 bits per heavy atom. The van der Waals surface area contributed by atoms with E-state index < -0.39 is 140 Å². The summed E-state index contributed by atoms with van der Waals surface area (Å²) >= 11 is 10.4. The number of likely N-dealkylation sites (tertiary alicyclic amines) is 2. The molecule has 0 spiro atoms. The number of hydrogen-bond acceptors (Lipinski definition) is 14. The second-order valence-corrected chi connectivity index (χ2v) is 31.7. The molecule has 8 rings (SSSR count). The number of benzene rings is 4. The molecule has 552 valence electrons. The van der Waals surface area contributed by atoms with Crippen LogP contribution < -0.4 is 31.9 Å². The Bertz CT molecular complexity index is 3540. The maximum absolute atomic E-state index is 15.0. The number of nitrogens with one attached hydrogen (secondary N) is 6. The summed E-state index contributed by atoms with van der Waals surface area (Å²) in [7, 11) is 2.87. The average Bonchev–Trinajstić information content (AvgIpc) is 1.61. The lowest BCUT2D eigenvalue weighted by atomic mass is 9.85. The van der Waals surface area contributed by atoms with Crippen molar-refractivity contribution in [2.75, 3.05) is 27.2 Å². The SMILES string of the molecule is C[C@@H](C(=O)N[C@H](C(=O)N1C[C@@H](NC(=O)c2ccc(C(=O)N[C@H]3C[C@@H](C(=O)N[C@@H]4CCCc5ccccc54)N(C(=O)[C@@H](NC(=O)[C@H](C)N(C)C(=O)OC(C)(C)C)C(C)(C)C)C3)cc2)C[C@H]1C(=O)N[C@@H]1CCCc2ccccc21)C(C)(C)C)N(C)C(=O)OC(C)(C)C.O=C(Cl)c1ccc(C(=O)Cl)cc1. The largest absolute Gasteiger partial charge is 0.444 e. The molecule has 10 amide bonds. The lowest BCUT2D eigenvalue weighted by molar-refractivity contribution is -0.144. The molecular formula is C76H100Cl2N10O14. The molecule has 4 aliphatic rings. The Kier molecular flexibility index (Phi) is 26.4. The highest BCUT2D eigenvalue weighted by atomic mass is 35.5. The second kappa shape index (κ2) is 33.5. The van der Waals surface area contributed by atoms with Crippen molar-refractivity contribution < 1.29 is 67.0 Å². The maximum atomic E-state index is 15.0. The Labute approximate surface area is 608 Å². The first-order valence-electron chi connectivity index (χ1n) is 34.6. The van der Waals surface area contributed by atoms with E-state index in [0.717, 1.165) is 57.7 Å². The molecule has 2 aliphatic carbocycles. The van der Waals surface area contributed by atoms with E-state index in [9.17, 15) is 47.9 Å². The van der Waals surface area contributed by atoms with Crippen molar-refractivity contribution in [2.45, 2.75) is 220 Å². The minimum atomic E-state index is -1.17. The number of carbonyl (C=O) groups excluding carboxylic acids is 12. The van der Waals surface area contributed by atoms with Crippen LogP contribution in [0, 0.1) is 10.8 Å². The quantitative estimate of drug-likeness (QED) is 0.0506. The molecule has 26 heteroatoms. The van der Waals surface area contributed by atoms with Gasteiger partial charge < -0.3 is 51.2 Å². The molecule has 0 bridgehead atoms. The van der Waals surface area contributed by atoms with Crippen molar-refractivity contribution in [3.63, 3.8) is 0 Å². The zero-order valence-electron chi connectivity index (χ0n) is 61.3. The molecule has 6 N–H and O–H groups in total. The minimum absolute atomic E-state index is 0.0437. The number of rotatable bonds is 18. The van der Waals surface area contributed by atoms with Gasteiger partial charge in [-0.25, -0.2) is 9.59 Å². The maximum Gasteiger partial charge on any atom is 0.410 e. The fraction of sp³-hybridized carbons (Fsp3) is 0.526. The first-order valence-corrected chi connectivity index (χ1v) is 35.4. The number of nitrogens with zero attached hydrogens (tertiary/aromatic N) is 4. The fourth-order valence-electron chi connectivity index (χ4n) is 12.7. The molecule has 24 nitrogen and oxygen atoms in total. The second-order valence-electron chi connectivity index (χ2n) is 31.0. The molecule has 2 aliphatic heterocycles. The van der Waals surface area contributed by atoms with Gasteiger partial charge in [0.15, 0.2) is 0 Å². The van der Waals surface area contributed by atoms with Crippen LogP contribution in [-0.4, -0.2) is 176 Å². The van der Waals surface area contributed by atoms with Gasteiger partial charge in [0.25, 0.3) is 22.3 Å². The van der Waals surface area contributed by atoms with Crippen molar-refractivity contribution in [1.82, 2.24) is 51.5 Å². The van der Waals surface area contributed by atoms with Crippen LogP contribution in [0.25, 0.3) is 0 Å². The molecule has 102 heavy (non-hydrogen) atoms. The summed E-state index contributed by atoms with van der Waals surface area (Å²) in [6, 6.07) is 18.9. The molecule has 4 aromatic carbocycles. The van der Waals surface area contributed by atoms with Gasteiger partial charge in [-0.3, -0.25) is 57.7 Å². The van der Waals surface area contributed by atoms with Crippen molar-refractivity contribution in [3.8, 4) is 0 Å². The van der Waals surface area contributed by atoms with Gasteiger partial charge in [0.05, 0.1) is 12.1 Å². The minimum Gasteiger partial charge on any atom is -0.444 e. The molecule has 10 atom stereocenters. The highest BCUT2D eigenvalue weighted by Crippen LogP contribution is 2.35. The molecule has 2 fully saturated rings. The van der Waals surface area contributed by atoms with Gasteiger partial charge in [-0.1, -0.05) is 90.1 Å². The van der Waals surface area contributed by atoms with Gasteiger partial charge in [0.2, 0.25) is 35.4 Å². The van der Waals surface area contributed by atoms with Crippen LogP contribution in [0.2, 0.25) is 0 Å². The molecular weight excluding hydrogens is 1350 g/mol. The molecule has 0 unspecified atom stereocenters. The summed E-state index contributed by atoms with van der Waals surface area (Å²) in [5, 5.41) is 17.1. The van der Waals surface area contributed by atoms with Gasteiger partial charge in [-0.15, -0.1) is 0 Å². The van der Waals surface area contributed by atoms with Crippen LogP contribution >= 0.6 is 23.2 Å². The van der Waals surface area contributed by atoms with E-state index in [2.05, 4.69) is 31.9 Å². The summed E-state index contributed by atoms with van der Waals surface area (Å²) in [6.45, 7) is 23.9. The standard InChI is InChI=1S/C68H96N10O12.C8H4Cl2O2/c1-39(75(15)63(87)89-67(9,10)11)55(79)73-53(65(3,4)5)61(85)77-37-45(35-51(77)59(83)71-49-29-21-25-41-23-17-19-27-47(41)49)69-57(81)43-31-33-44(34-32-43)58(82)70-46-36-52(60(84)72-50-30-22-26-42-24-18-20-28-48(42)50)78(38-46)62(86)54(66(6,7)8)74-56(80)40(2)76(16)64(88)90-68(12,13)14;9-7(11)5-1-2-6(4-3-5)8(10)12/h17-20,23-24,27-28,31-34,39-40,45-46,49-54H,21-22,25-26,29-30,35-38H2,1-16H3,(H,69,81)(H,70,82)(H,71,83)(H,72,84)(H,73,79)(H,74,80);1-4H/t39-,40-,45-,46-,49+,50+,51-,52-,53+,54+;/m0./s1. The van der Waals surface area contributed by atoms with E-state index in [1.807, 2.05) is 48.5 Å². The number of amides is 10. The molecule has 2 heterocycles. The van der Waals surface area contributed by atoms with Crippen molar-refractivity contribution in [1.29, 1.82) is 0 Å². The lowest BCUT2D eigenvalue weighted by Crippen LogP contribution is -2.60. The number of ether oxygens (including phenoxy) is 2. The lowest BCUT2D eigenvalue weighted by Gasteiger charge is -2.37. The molecule has 0 radical (unpaired) electrons. The number of fused-ring (bicyclic) bond motifs is 2. The van der Waals surface area contributed by atoms with Crippen molar-refractivity contribution in [2.24, 2.45) is 10.8 Å². The number of aryl methyl sites for hydroxylation is 2. The van der Waals surface area contributed by atoms with E-state index in [0.29, 0.717) is 24.0 Å². The number of likely N-dealkylation sites (N-methyl/N-ethyl adjacent to an activating group) is 2. The Morgan fingerprint density at radius 3 is 1.08 bits per heavy atom. The highest BCUT2D eigenvalue weighted by molar-refractivity contribution is 6.68. The average molecular weight is 1450 g/mol. The highest BCUT2D eigenvalue weighted by Gasteiger charge is 2.49. The van der Waals surface area contributed by atoms with Gasteiger partial charge in [-0.05, 0) is 212 Å². The van der Waals surface area contributed by atoms with Crippen LogP contribution in [0.1, 0.15) is 211 Å². The molecule has 4 aromatic rings.